The minimum atomic E-state index is -0.348. The molecule has 4 heteroatoms. The van der Waals surface area contributed by atoms with Crippen LogP contribution in [0.1, 0.15) is 25.7 Å². The molecule has 84 valence electrons. The number of fused-ring (bicyclic) bond motifs is 1. The molecule has 1 aromatic carbocycles. The predicted molar refractivity (Wildman–Crippen MR) is 61.6 cm³/mol. The molecule has 3 rings (SSSR count). The summed E-state index contributed by atoms with van der Waals surface area (Å²) in [6.07, 6.45) is 5.21. The first-order chi connectivity index (χ1) is 7.77. The van der Waals surface area contributed by atoms with Crippen molar-refractivity contribution < 1.29 is 4.92 Å². The first-order valence-corrected chi connectivity index (χ1v) is 5.80. The molecule has 0 radical (unpaired) electrons. The molecule has 0 N–H and O–H groups in total. The Balaban J connectivity index is 1.78. The van der Waals surface area contributed by atoms with E-state index in [9.17, 15) is 10.1 Å². The molecule has 1 aromatic rings. The summed E-state index contributed by atoms with van der Waals surface area (Å²) in [6.45, 7) is 0. The first kappa shape index (κ1) is 9.63. The molecule has 1 saturated heterocycles. The van der Waals surface area contributed by atoms with Gasteiger partial charge in [0.1, 0.15) is 0 Å². The van der Waals surface area contributed by atoms with Gasteiger partial charge in [0.05, 0.1) is 4.92 Å². The average molecular weight is 218 g/mol. The Labute approximate surface area is 94.0 Å². The van der Waals surface area contributed by atoms with Crippen LogP contribution in [0.4, 0.5) is 11.4 Å². The normalized spacial score (nSPS) is 27.4. The number of rotatable bonds is 2. The van der Waals surface area contributed by atoms with Crippen LogP contribution in [0.5, 0.6) is 0 Å². The van der Waals surface area contributed by atoms with Gasteiger partial charge in [-0.05, 0) is 25.0 Å². The van der Waals surface area contributed by atoms with Crippen molar-refractivity contribution in [3.8, 4) is 0 Å². The monoisotopic (exact) mass is 218 g/mol. The molecule has 0 amide bonds. The quantitative estimate of drug-likeness (QED) is 0.435. The second-order valence-electron chi connectivity index (χ2n) is 4.60. The summed E-state index contributed by atoms with van der Waals surface area (Å²) in [5.41, 5.74) is 1.32. The number of hydrogen-bond donors (Lipinski definition) is 0. The van der Waals surface area contributed by atoms with Crippen LogP contribution in [0.15, 0.2) is 24.3 Å². The summed E-state index contributed by atoms with van der Waals surface area (Å²) >= 11 is 0. The molecule has 0 bridgehead atoms. The molecule has 2 unspecified atom stereocenters. The molecule has 2 fully saturated rings. The molecular weight excluding hydrogens is 204 g/mol. The van der Waals surface area contributed by atoms with E-state index in [1.54, 1.807) is 12.1 Å². The number of nitro groups is 1. The summed E-state index contributed by atoms with van der Waals surface area (Å²) < 4.78 is 0. The van der Waals surface area contributed by atoms with Crippen molar-refractivity contribution in [2.75, 3.05) is 4.90 Å². The smallest absolute Gasteiger partial charge is 0.269 e. The van der Waals surface area contributed by atoms with Crippen LogP contribution in [-0.4, -0.2) is 17.0 Å². The van der Waals surface area contributed by atoms with Gasteiger partial charge in [0.2, 0.25) is 0 Å². The van der Waals surface area contributed by atoms with Crippen molar-refractivity contribution in [2.24, 2.45) is 0 Å². The van der Waals surface area contributed by atoms with Crippen molar-refractivity contribution in [1.29, 1.82) is 0 Å². The van der Waals surface area contributed by atoms with E-state index in [1.165, 1.54) is 25.7 Å². The Morgan fingerprint density at radius 2 is 1.69 bits per heavy atom. The van der Waals surface area contributed by atoms with E-state index in [-0.39, 0.29) is 10.6 Å². The molecule has 2 aliphatic rings. The van der Waals surface area contributed by atoms with Crippen LogP contribution >= 0.6 is 0 Å². The SMILES string of the molecule is O=[N+]([O-])c1ccc(N2C3CCCCC32)cc1. The highest BCUT2D eigenvalue weighted by molar-refractivity contribution is 5.59. The van der Waals surface area contributed by atoms with Crippen LogP contribution in [-0.2, 0) is 0 Å². The fourth-order valence-electron chi connectivity index (χ4n) is 2.83. The predicted octanol–water partition coefficient (Wildman–Crippen LogP) is 2.73. The van der Waals surface area contributed by atoms with Crippen LogP contribution in [0.25, 0.3) is 0 Å². The highest BCUT2D eigenvalue weighted by Gasteiger charge is 2.48. The molecule has 1 aliphatic carbocycles. The second-order valence-corrected chi connectivity index (χ2v) is 4.60. The second kappa shape index (κ2) is 3.47. The van der Waals surface area contributed by atoms with Gasteiger partial charge in [0.15, 0.2) is 0 Å². The van der Waals surface area contributed by atoms with Gasteiger partial charge < -0.3 is 4.90 Å². The van der Waals surface area contributed by atoms with Gasteiger partial charge in [-0.2, -0.15) is 0 Å². The third-order valence-corrected chi connectivity index (χ3v) is 3.68. The number of anilines is 1. The maximum Gasteiger partial charge on any atom is 0.269 e. The Kier molecular flexibility index (Phi) is 2.09. The fourth-order valence-corrected chi connectivity index (χ4v) is 2.83. The van der Waals surface area contributed by atoms with Crippen LogP contribution in [0.2, 0.25) is 0 Å². The van der Waals surface area contributed by atoms with Crippen molar-refractivity contribution in [2.45, 2.75) is 37.8 Å². The minimum absolute atomic E-state index is 0.175. The highest BCUT2D eigenvalue weighted by Crippen LogP contribution is 2.44. The van der Waals surface area contributed by atoms with Gasteiger partial charge in [-0.3, -0.25) is 10.1 Å². The summed E-state index contributed by atoms with van der Waals surface area (Å²) in [6, 6.07) is 8.34. The van der Waals surface area contributed by atoms with E-state index in [2.05, 4.69) is 4.90 Å². The maximum absolute atomic E-state index is 10.5. The van der Waals surface area contributed by atoms with E-state index in [4.69, 9.17) is 0 Å². The number of non-ortho nitro benzene ring substituents is 1. The zero-order valence-corrected chi connectivity index (χ0v) is 9.00. The van der Waals surface area contributed by atoms with Gasteiger partial charge in [0.25, 0.3) is 5.69 Å². The third-order valence-electron chi connectivity index (χ3n) is 3.68. The Morgan fingerprint density at radius 1 is 1.12 bits per heavy atom. The maximum atomic E-state index is 10.5. The standard InChI is InChI=1S/C12H14N2O2/c15-14(16)10-7-5-9(6-8-10)13-11-3-1-2-4-12(11)13/h5-8,11-12H,1-4H2. The lowest BCUT2D eigenvalue weighted by Crippen LogP contribution is -2.00. The van der Waals surface area contributed by atoms with Crippen LogP contribution < -0.4 is 4.90 Å². The summed E-state index contributed by atoms with van der Waals surface area (Å²) in [7, 11) is 0. The van der Waals surface area contributed by atoms with Gasteiger partial charge >= 0.3 is 0 Å². The lowest BCUT2D eigenvalue weighted by atomic mass is 10.0. The summed E-state index contributed by atoms with van der Waals surface area (Å²) in [5, 5.41) is 10.5. The summed E-state index contributed by atoms with van der Waals surface area (Å²) in [4.78, 5) is 12.6. The van der Waals surface area contributed by atoms with E-state index in [0.29, 0.717) is 12.1 Å². The fraction of sp³-hybridized carbons (Fsp3) is 0.500. The largest absolute Gasteiger partial charge is 0.361 e. The van der Waals surface area contributed by atoms with Crippen molar-refractivity contribution >= 4 is 11.4 Å². The molecule has 2 atom stereocenters. The number of nitro benzene ring substituents is 1. The van der Waals surface area contributed by atoms with Crippen LogP contribution in [0, 0.1) is 10.1 Å². The Hall–Kier alpha value is -1.58. The van der Waals surface area contributed by atoms with Crippen molar-refractivity contribution in [1.82, 2.24) is 0 Å². The highest BCUT2D eigenvalue weighted by atomic mass is 16.6. The topological polar surface area (TPSA) is 46.1 Å². The summed E-state index contributed by atoms with van der Waals surface area (Å²) in [5.74, 6) is 0. The molecular formula is C12H14N2O2. The van der Waals surface area contributed by atoms with Gasteiger partial charge in [-0.25, -0.2) is 0 Å². The Bertz CT molecular complexity index is 404. The zero-order chi connectivity index (χ0) is 11.1. The van der Waals surface area contributed by atoms with Gasteiger partial charge in [-0.15, -0.1) is 0 Å². The zero-order valence-electron chi connectivity index (χ0n) is 9.00. The first-order valence-electron chi connectivity index (χ1n) is 5.80. The molecule has 0 aromatic heterocycles. The van der Waals surface area contributed by atoms with E-state index < -0.39 is 0 Å². The van der Waals surface area contributed by atoms with Crippen molar-refractivity contribution in [3.05, 3.63) is 34.4 Å². The van der Waals surface area contributed by atoms with Gasteiger partial charge in [-0.1, -0.05) is 12.8 Å². The molecule has 16 heavy (non-hydrogen) atoms. The third kappa shape index (κ3) is 1.45. The van der Waals surface area contributed by atoms with Crippen molar-refractivity contribution in [3.63, 3.8) is 0 Å². The number of hydrogen-bond acceptors (Lipinski definition) is 3. The number of benzene rings is 1. The minimum Gasteiger partial charge on any atom is -0.361 e. The molecule has 1 aliphatic heterocycles. The number of nitrogens with zero attached hydrogens (tertiary/aromatic N) is 2. The van der Waals surface area contributed by atoms with E-state index in [1.807, 2.05) is 12.1 Å². The lowest BCUT2D eigenvalue weighted by Gasteiger charge is -2.04. The molecule has 0 spiro atoms. The van der Waals surface area contributed by atoms with Gasteiger partial charge in [0, 0.05) is 29.9 Å². The lowest BCUT2D eigenvalue weighted by molar-refractivity contribution is -0.384. The van der Waals surface area contributed by atoms with E-state index in [0.717, 1.165) is 5.69 Å². The van der Waals surface area contributed by atoms with Crippen LogP contribution in [0.3, 0.4) is 0 Å². The molecule has 1 heterocycles. The average Bonchev–Trinajstić information content (AvgIpc) is 3.03. The Morgan fingerprint density at radius 3 is 2.19 bits per heavy atom. The molecule has 1 saturated carbocycles. The molecule has 4 nitrogen and oxygen atoms in total. The van der Waals surface area contributed by atoms with E-state index >= 15 is 0 Å².